The van der Waals surface area contributed by atoms with Crippen molar-refractivity contribution in [2.45, 2.75) is 37.5 Å². The molecule has 1 heteroatoms. The lowest BCUT2D eigenvalue weighted by molar-refractivity contribution is -0.0393. The van der Waals surface area contributed by atoms with Gasteiger partial charge in [0.25, 0.3) is 0 Å². The predicted octanol–water partition coefficient (Wildman–Crippen LogP) is 16.2. The molecular formula is C58H42S. The van der Waals surface area contributed by atoms with Crippen molar-refractivity contribution >= 4 is 63.8 Å². The Kier molecular flexibility index (Phi) is 6.70. The van der Waals surface area contributed by atoms with Crippen LogP contribution in [0, 0.1) is 23.7 Å². The van der Waals surface area contributed by atoms with E-state index in [1.807, 2.05) is 11.3 Å². The first-order valence-electron chi connectivity index (χ1n) is 21.8. The quantitative estimate of drug-likeness (QED) is 0.157. The largest absolute Gasteiger partial charge is 0.135 e. The molecule has 0 atom stereocenters. The molecule has 4 fully saturated rings. The Hall–Kier alpha value is -6.02. The van der Waals surface area contributed by atoms with Crippen LogP contribution < -0.4 is 0 Å². The second-order valence-corrected chi connectivity index (χ2v) is 19.5. The Bertz CT molecular complexity index is 3310. The van der Waals surface area contributed by atoms with E-state index in [2.05, 4.69) is 170 Å². The average Bonchev–Trinajstić information content (AvgIpc) is 3.80. The Morgan fingerprint density at radius 1 is 0.373 bits per heavy atom. The maximum absolute atomic E-state index is 2.70. The Balaban J connectivity index is 0.952. The maximum atomic E-state index is 2.70. The van der Waals surface area contributed by atoms with Crippen molar-refractivity contribution in [3.63, 3.8) is 0 Å². The van der Waals surface area contributed by atoms with Crippen LogP contribution >= 0.6 is 11.3 Å². The minimum absolute atomic E-state index is 0.0866. The van der Waals surface area contributed by atoms with Gasteiger partial charge in [0.2, 0.25) is 0 Å². The molecule has 0 unspecified atom stereocenters. The molecule has 0 aliphatic heterocycles. The van der Waals surface area contributed by atoms with Crippen molar-refractivity contribution in [1.29, 1.82) is 0 Å². The first-order chi connectivity index (χ1) is 29.2. The first kappa shape index (κ1) is 32.9. The van der Waals surface area contributed by atoms with Gasteiger partial charge >= 0.3 is 0 Å². The number of hydrogen-bond acceptors (Lipinski definition) is 1. The van der Waals surface area contributed by atoms with E-state index >= 15 is 0 Å². The number of thiophene rings is 1. The molecule has 4 saturated carbocycles. The summed E-state index contributed by atoms with van der Waals surface area (Å²) in [6.07, 6.45) is 7.01. The Morgan fingerprint density at radius 2 is 0.898 bits per heavy atom. The fourth-order valence-corrected chi connectivity index (χ4v) is 14.7. The van der Waals surface area contributed by atoms with Crippen LogP contribution in [0.15, 0.2) is 170 Å². The van der Waals surface area contributed by atoms with Crippen LogP contribution in [0.5, 0.6) is 0 Å². The lowest BCUT2D eigenvalue weighted by Crippen LogP contribution is -2.55. The van der Waals surface area contributed by atoms with Gasteiger partial charge < -0.3 is 0 Å². The fourth-order valence-electron chi connectivity index (χ4n) is 13.6. The van der Waals surface area contributed by atoms with Crippen LogP contribution in [0.3, 0.4) is 0 Å². The summed E-state index contributed by atoms with van der Waals surface area (Å²) in [6, 6.07) is 65.4. The van der Waals surface area contributed by atoms with Crippen LogP contribution in [-0.2, 0) is 5.41 Å². The van der Waals surface area contributed by atoms with E-state index in [1.165, 1.54) is 129 Å². The Labute approximate surface area is 348 Å². The third-order valence-electron chi connectivity index (χ3n) is 15.6. The van der Waals surface area contributed by atoms with E-state index in [-0.39, 0.29) is 5.41 Å². The molecular weight excluding hydrogens is 729 g/mol. The number of benzene rings is 9. The van der Waals surface area contributed by atoms with Gasteiger partial charge in [-0.1, -0.05) is 146 Å². The molecule has 1 aromatic heterocycles. The van der Waals surface area contributed by atoms with Crippen LogP contribution in [0.4, 0.5) is 0 Å². The lowest BCUT2D eigenvalue weighted by atomic mass is 9.43. The molecule has 0 nitrogen and oxygen atoms in total. The van der Waals surface area contributed by atoms with E-state index < -0.39 is 0 Å². The highest BCUT2D eigenvalue weighted by Gasteiger charge is 2.62. The van der Waals surface area contributed by atoms with Crippen LogP contribution in [0.2, 0.25) is 0 Å². The normalized spacial score (nSPS) is 22.6. The van der Waals surface area contributed by atoms with Gasteiger partial charge in [-0.15, -0.1) is 11.3 Å². The minimum Gasteiger partial charge on any atom is -0.135 e. The molecule has 0 radical (unpaired) electrons. The van der Waals surface area contributed by atoms with E-state index in [4.69, 9.17) is 0 Å². The third-order valence-corrected chi connectivity index (χ3v) is 16.8. The van der Waals surface area contributed by atoms with Crippen molar-refractivity contribution in [3.8, 4) is 44.5 Å². The van der Waals surface area contributed by atoms with Gasteiger partial charge in [-0.25, -0.2) is 0 Å². The zero-order valence-electron chi connectivity index (χ0n) is 32.9. The molecule has 59 heavy (non-hydrogen) atoms. The van der Waals surface area contributed by atoms with Crippen molar-refractivity contribution in [2.75, 3.05) is 0 Å². The van der Waals surface area contributed by atoms with Gasteiger partial charge in [-0.2, -0.15) is 0 Å². The smallest absolute Gasteiger partial charge is 0.0355 e. The number of rotatable bonds is 3. The van der Waals surface area contributed by atoms with Gasteiger partial charge in [0.15, 0.2) is 0 Å². The summed E-state index contributed by atoms with van der Waals surface area (Å²) in [5.74, 6) is 3.25. The zero-order valence-corrected chi connectivity index (χ0v) is 33.7. The number of hydrogen-bond donors (Lipinski definition) is 0. The van der Waals surface area contributed by atoms with Crippen LogP contribution in [0.1, 0.15) is 43.2 Å². The summed E-state index contributed by atoms with van der Waals surface area (Å²) in [7, 11) is 0. The highest BCUT2D eigenvalue weighted by atomic mass is 32.1. The summed E-state index contributed by atoms with van der Waals surface area (Å²) in [4.78, 5) is 0. The SMILES string of the molecule is c1ccc2c3c(ccc2c1)-c1ccc(-c2c4ccccc4c(-c4ccc(-c5ccc6sc7ccccc7c6c5)cc4)c4ccccc24)cc1C31C2CC3CC(C2)CC1C3. The monoisotopic (exact) mass is 770 g/mol. The highest BCUT2D eigenvalue weighted by molar-refractivity contribution is 7.25. The topological polar surface area (TPSA) is 0 Å². The first-order valence-corrected chi connectivity index (χ1v) is 22.7. The summed E-state index contributed by atoms with van der Waals surface area (Å²) in [6.45, 7) is 0. The Morgan fingerprint density at radius 3 is 1.59 bits per heavy atom. The summed E-state index contributed by atoms with van der Waals surface area (Å²) >= 11 is 1.88. The molecule has 1 heterocycles. The van der Waals surface area contributed by atoms with E-state index in [0.717, 1.165) is 11.8 Å². The molecule has 9 aromatic carbocycles. The molecule has 5 aliphatic rings. The van der Waals surface area contributed by atoms with Gasteiger partial charge in [-0.05, 0) is 168 Å². The molecule has 0 amide bonds. The second-order valence-electron chi connectivity index (χ2n) is 18.4. The highest BCUT2D eigenvalue weighted by Crippen LogP contribution is 2.70. The van der Waals surface area contributed by atoms with Gasteiger partial charge in [-0.3, -0.25) is 0 Å². The molecule has 10 aromatic rings. The molecule has 15 rings (SSSR count). The summed E-state index contributed by atoms with van der Waals surface area (Å²) < 4.78 is 2.70. The fraction of sp³-hybridized carbons (Fsp3) is 0.172. The van der Waals surface area contributed by atoms with E-state index in [1.54, 1.807) is 11.1 Å². The van der Waals surface area contributed by atoms with Gasteiger partial charge in [0, 0.05) is 25.6 Å². The molecule has 5 aliphatic carbocycles. The minimum atomic E-state index is 0.0866. The van der Waals surface area contributed by atoms with Gasteiger partial charge in [0.1, 0.15) is 0 Å². The molecule has 1 spiro atoms. The zero-order chi connectivity index (χ0) is 38.4. The third kappa shape index (κ3) is 4.44. The van der Waals surface area contributed by atoms with Crippen LogP contribution in [0.25, 0.3) is 97.0 Å². The van der Waals surface area contributed by atoms with Crippen LogP contribution in [-0.4, -0.2) is 0 Å². The standard InChI is InChI=1S/C58H42S/c1-2-10-43-37(9-1)21-25-50-44-24-22-40(33-52(44)58(57(43)50)41-28-34-27-35(30-41)31-42(58)29-34)56-48-14-5-3-12-46(48)55(47-13-4-6-15-49(47)56)38-19-17-36(18-20-38)39-23-26-54-51(32-39)45-11-7-8-16-53(45)59-54/h1-26,32-35,41-42H,27-31H2. The predicted molar refractivity (Wildman–Crippen MR) is 251 cm³/mol. The maximum Gasteiger partial charge on any atom is 0.0355 e. The van der Waals surface area contributed by atoms with Crippen molar-refractivity contribution in [2.24, 2.45) is 23.7 Å². The summed E-state index contributed by atoms with van der Waals surface area (Å²) in [5, 5.41) is 10.9. The van der Waals surface area contributed by atoms with Crippen molar-refractivity contribution < 1.29 is 0 Å². The van der Waals surface area contributed by atoms with Crippen molar-refractivity contribution in [1.82, 2.24) is 0 Å². The lowest BCUT2D eigenvalue weighted by Gasteiger charge is -2.61. The molecule has 280 valence electrons. The molecule has 4 bridgehead atoms. The van der Waals surface area contributed by atoms with E-state index in [0.29, 0.717) is 11.8 Å². The number of fused-ring (bicyclic) bond motifs is 10. The summed E-state index contributed by atoms with van der Waals surface area (Å²) in [5.41, 5.74) is 14.2. The molecule has 0 saturated heterocycles. The van der Waals surface area contributed by atoms with Gasteiger partial charge in [0.05, 0.1) is 0 Å². The van der Waals surface area contributed by atoms with Crippen molar-refractivity contribution in [3.05, 3.63) is 181 Å². The van der Waals surface area contributed by atoms with E-state index in [9.17, 15) is 0 Å². The molecule has 0 N–H and O–H groups in total. The average molecular weight is 771 g/mol. The second kappa shape index (κ2) is 12.0.